The molecule has 0 bridgehead atoms. The molecule has 1 aliphatic rings. The minimum atomic E-state index is -0.850. The first-order chi connectivity index (χ1) is 25.5. The summed E-state index contributed by atoms with van der Waals surface area (Å²) < 4.78 is 5.36. The van der Waals surface area contributed by atoms with E-state index in [0.717, 1.165) is 19.3 Å². The number of ether oxygens (including phenoxy) is 1. The fourth-order valence-electron chi connectivity index (χ4n) is 8.14. The lowest BCUT2D eigenvalue weighted by Crippen LogP contribution is -2.36. The Kier molecular flexibility index (Phi) is 34.7. The molecule has 0 spiro atoms. The second-order valence-corrected chi connectivity index (χ2v) is 17.2. The predicted octanol–water partition coefficient (Wildman–Crippen LogP) is 16.4. The molecule has 0 aliphatic carbocycles. The van der Waals surface area contributed by atoms with Crippen molar-refractivity contribution in [2.24, 2.45) is 0 Å². The molecule has 1 fully saturated rings. The molecule has 0 aromatic rings. The van der Waals surface area contributed by atoms with Crippen LogP contribution in [0.3, 0.4) is 0 Å². The molecule has 0 aromatic carbocycles. The zero-order chi connectivity index (χ0) is 37.6. The number of esters is 1. The third-order valence-electron chi connectivity index (χ3n) is 11.9. The normalized spacial score (nSPS) is 17.6. The quantitative estimate of drug-likeness (QED) is 0.0295. The lowest BCUT2D eigenvalue weighted by Gasteiger charge is -2.25. The van der Waals surface area contributed by atoms with E-state index in [1.807, 2.05) is 6.92 Å². The molecule has 0 aromatic heterocycles. The second-order valence-electron chi connectivity index (χ2n) is 17.2. The number of cyclic esters (lactones) is 1. The number of unbranched alkanes of at least 4 members (excludes halogenated alkanes) is 37. The molecule has 0 unspecified atom stereocenters. The number of carbonyl (C=O) groups is 1. The van der Waals surface area contributed by atoms with E-state index in [0.29, 0.717) is 0 Å². The highest BCUT2D eigenvalue weighted by molar-refractivity contribution is 5.92. The van der Waals surface area contributed by atoms with E-state index in [9.17, 15) is 9.90 Å². The van der Waals surface area contributed by atoms with Crippen LogP contribution in [0.5, 0.6) is 0 Å². The summed E-state index contributed by atoms with van der Waals surface area (Å²) in [6, 6.07) is 0. The lowest BCUT2D eigenvalue weighted by molar-refractivity contribution is -0.149. The Morgan fingerprint density at radius 3 is 0.981 bits per heavy atom. The van der Waals surface area contributed by atoms with E-state index in [4.69, 9.17) is 4.74 Å². The Morgan fingerprint density at radius 2 is 0.731 bits per heavy atom. The van der Waals surface area contributed by atoms with E-state index < -0.39 is 17.7 Å². The van der Waals surface area contributed by atoms with Crippen molar-refractivity contribution in [2.75, 3.05) is 0 Å². The molecule has 0 radical (unpaired) electrons. The maximum atomic E-state index is 11.6. The van der Waals surface area contributed by atoms with Crippen LogP contribution in [0.25, 0.3) is 0 Å². The number of aliphatic hydroxyl groups is 1. The van der Waals surface area contributed by atoms with Gasteiger partial charge in [0.1, 0.15) is 11.7 Å². The lowest BCUT2D eigenvalue weighted by atomic mass is 9.90. The van der Waals surface area contributed by atoms with Gasteiger partial charge in [0.25, 0.3) is 0 Å². The highest BCUT2D eigenvalue weighted by Gasteiger charge is 2.47. The van der Waals surface area contributed by atoms with Gasteiger partial charge in [0.05, 0.1) is 5.57 Å². The van der Waals surface area contributed by atoms with Crippen LogP contribution in [0.1, 0.15) is 271 Å². The van der Waals surface area contributed by atoms with Crippen LogP contribution in [0.2, 0.25) is 0 Å². The van der Waals surface area contributed by atoms with Crippen LogP contribution in [0.4, 0.5) is 0 Å². The summed E-state index contributed by atoms with van der Waals surface area (Å²) in [5, 5.41) is 10.2. The molecule has 1 heterocycles. The maximum Gasteiger partial charge on any atom is 0.336 e. The molecule has 3 heteroatoms. The fourth-order valence-corrected chi connectivity index (χ4v) is 8.14. The second kappa shape index (κ2) is 36.9. The van der Waals surface area contributed by atoms with Gasteiger partial charge in [-0.1, -0.05) is 244 Å². The van der Waals surface area contributed by atoms with E-state index >= 15 is 0 Å². The summed E-state index contributed by atoms with van der Waals surface area (Å²) in [6.07, 6.45) is 59.5. The van der Waals surface area contributed by atoms with Gasteiger partial charge in [-0.15, -0.1) is 0 Å². The first-order valence-corrected chi connectivity index (χ1v) is 23.8. The average Bonchev–Trinajstić information content (AvgIpc) is 3.33. The van der Waals surface area contributed by atoms with Gasteiger partial charge in [0.2, 0.25) is 0 Å². The van der Waals surface area contributed by atoms with Crippen molar-refractivity contribution < 1.29 is 14.6 Å². The van der Waals surface area contributed by atoms with Gasteiger partial charge in [-0.2, -0.15) is 0 Å². The fraction of sp³-hybridized carbons (Fsp3) is 0.898. The minimum Gasteiger partial charge on any atom is -0.453 e. The van der Waals surface area contributed by atoms with Crippen LogP contribution < -0.4 is 0 Å². The van der Waals surface area contributed by atoms with E-state index in [-0.39, 0.29) is 5.57 Å². The van der Waals surface area contributed by atoms with Crippen molar-refractivity contribution in [3.05, 3.63) is 24.3 Å². The average molecular weight is 729 g/mol. The molecule has 1 aliphatic heterocycles. The molecular formula is C49H92O3. The summed E-state index contributed by atoms with van der Waals surface area (Å²) >= 11 is 0. The molecule has 1 N–H and O–H groups in total. The molecule has 52 heavy (non-hydrogen) atoms. The molecule has 306 valence electrons. The van der Waals surface area contributed by atoms with Crippen LogP contribution >= 0.6 is 0 Å². The monoisotopic (exact) mass is 729 g/mol. The summed E-state index contributed by atoms with van der Waals surface area (Å²) in [7, 11) is 0. The van der Waals surface area contributed by atoms with Crippen molar-refractivity contribution in [3.8, 4) is 0 Å². The highest BCUT2D eigenvalue weighted by atomic mass is 16.6. The first-order valence-electron chi connectivity index (χ1n) is 23.8. The number of hydrogen-bond acceptors (Lipinski definition) is 3. The first kappa shape index (κ1) is 48.9. The van der Waals surface area contributed by atoms with Crippen molar-refractivity contribution in [2.45, 2.75) is 282 Å². The van der Waals surface area contributed by atoms with Crippen LogP contribution in [0, 0.1) is 0 Å². The number of rotatable bonds is 41. The number of allylic oxidation sites excluding steroid dienone is 2. The third kappa shape index (κ3) is 29.3. The van der Waals surface area contributed by atoms with Gasteiger partial charge in [0.15, 0.2) is 0 Å². The minimum absolute atomic E-state index is 0.207. The topological polar surface area (TPSA) is 46.5 Å². The molecule has 2 atom stereocenters. The zero-order valence-corrected chi connectivity index (χ0v) is 35.5. The summed E-state index contributed by atoms with van der Waals surface area (Å²) in [6.45, 7) is 7.78. The van der Waals surface area contributed by atoms with Crippen molar-refractivity contribution in [1.82, 2.24) is 0 Å². The smallest absolute Gasteiger partial charge is 0.336 e. The van der Waals surface area contributed by atoms with Gasteiger partial charge >= 0.3 is 5.97 Å². The Morgan fingerprint density at radius 1 is 0.481 bits per heavy atom. The Bertz CT molecular complexity index is 817. The molecule has 1 saturated heterocycles. The predicted molar refractivity (Wildman–Crippen MR) is 229 cm³/mol. The van der Waals surface area contributed by atoms with Crippen molar-refractivity contribution in [1.29, 1.82) is 0 Å². The number of hydrogen-bond donors (Lipinski definition) is 1. The van der Waals surface area contributed by atoms with E-state index in [2.05, 4.69) is 25.7 Å². The standard InChI is InChI=1S/C49H92O3/c1-4-5-6-7-8-9-10-11-12-13-14-15-16-17-18-19-20-21-22-23-24-25-26-27-28-29-30-31-32-33-34-35-36-37-38-39-40-41-42-43-44-45-49(3)47(50)46(2)48(51)52-49/h13-14,47,50H,2,4-12,15-45H2,1,3H3/b14-13+/t47-,49+/m0/s1. The molecule has 1 rings (SSSR count). The van der Waals surface area contributed by atoms with Crippen LogP contribution in [-0.4, -0.2) is 22.8 Å². The maximum absolute atomic E-state index is 11.6. The Hall–Kier alpha value is -1.09. The largest absolute Gasteiger partial charge is 0.453 e. The number of carbonyl (C=O) groups excluding carboxylic acids is 1. The van der Waals surface area contributed by atoms with E-state index in [1.165, 1.54) is 238 Å². The molecule has 0 saturated carbocycles. The third-order valence-corrected chi connectivity index (χ3v) is 11.9. The SMILES string of the molecule is C=C1C(=O)O[C@](C)(CCCCCCCCCCCCCCCCCCCCCCCCCCCCCCC/C=C/CCCCCCCCCC)[C@H]1O. The molecule has 3 nitrogen and oxygen atoms in total. The van der Waals surface area contributed by atoms with Crippen LogP contribution in [0.15, 0.2) is 24.3 Å². The van der Waals surface area contributed by atoms with Crippen LogP contribution in [-0.2, 0) is 9.53 Å². The van der Waals surface area contributed by atoms with Gasteiger partial charge in [0, 0.05) is 0 Å². The van der Waals surface area contributed by atoms with Gasteiger partial charge < -0.3 is 9.84 Å². The summed E-state index contributed by atoms with van der Waals surface area (Å²) in [4.78, 5) is 11.6. The Balaban J connectivity index is 1.65. The van der Waals surface area contributed by atoms with Gasteiger partial charge in [-0.05, 0) is 45.4 Å². The molecule has 0 amide bonds. The highest BCUT2D eigenvalue weighted by Crippen LogP contribution is 2.34. The zero-order valence-electron chi connectivity index (χ0n) is 35.5. The van der Waals surface area contributed by atoms with Crippen molar-refractivity contribution >= 4 is 5.97 Å². The van der Waals surface area contributed by atoms with Gasteiger partial charge in [-0.3, -0.25) is 0 Å². The van der Waals surface area contributed by atoms with Crippen molar-refractivity contribution in [3.63, 3.8) is 0 Å². The Labute approximate surface area is 326 Å². The summed E-state index contributed by atoms with van der Waals surface area (Å²) in [5.41, 5.74) is -0.560. The summed E-state index contributed by atoms with van der Waals surface area (Å²) in [5.74, 6) is -0.439. The number of aliphatic hydroxyl groups excluding tert-OH is 1. The molecular weight excluding hydrogens is 637 g/mol. The van der Waals surface area contributed by atoms with E-state index in [1.54, 1.807) is 0 Å². The van der Waals surface area contributed by atoms with Gasteiger partial charge in [-0.25, -0.2) is 4.79 Å².